The summed E-state index contributed by atoms with van der Waals surface area (Å²) in [6.45, 7) is 5.40. The third-order valence-electron chi connectivity index (χ3n) is 10.7. The van der Waals surface area contributed by atoms with Gasteiger partial charge in [-0.2, -0.15) is 11.8 Å². The summed E-state index contributed by atoms with van der Waals surface area (Å²) in [6.07, 6.45) is 14.6. The number of oxime groups is 1. The molecule has 3 saturated carbocycles. The zero-order valence-electron chi connectivity index (χ0n) is 25.0. The molecule has 0 spiro atoms. The van der Waals surface area contributed by atoms with Crippen molar-refractivity contribution in [2.75, 3.05) is 18.6 Å². The van der Waals surface area contributed by atoms with Gasteiger partial charge in [0.15, 0.2) is 6.61 Å². The summed E-state index contributed by atoms with van der Waals surface area (Å²) in [5, 5.41) is 41.2. The molecule has 0 aromatic rings. The van der Waals surface area contributed by atoms with Gasteiger partial charge >= 0.3 is 5.97 Å². The highest BCUT2D eigenvalue weighted by atomic mass is 32.2. The van der Waals surface area contributed by atoms with Gasteiger partial charge in [0, 0.05) is 5.41 Å². The maximum absolute atomic E-state index is 12.4. The second kappa shape index (κ2) is 12.6. The molecule has 0 heterocycles. The Morgan fingerprint density at radius 1 is 1.24 bits per heavy atom. The van der Waals surface area contributed by atoms with Crippen LogP contribution in [0.4, 0.5) is 0 Å². The number of fused-ring (bicyclic) bond motifs is 5. The second-order valence-corrected chi connectivity index (χ2v) is 14.0. The van der Waals surface area contributed by atoms with Crippen molar-refractivity contribution in [1.29, 1.82) is 0 Å². The van der Waals surface area contributed by atoms with E-state index in [-0.39, 0.29) is 36.2 Å². The Hall–Kier alpha value is -2.55. The molecule has 0 radical (unpaired) electrons. The third kappa shape index (κ3) is 5.95. The molecule has 11 heteroatoms. The molecule has 0 unspecified atom stereocenters. The van der Waals surface area contributed by atoms with Crippen molar-refractivity contribution in [1.82, 2.24) is 10.6 Å². The normalized spacial score (nSPS) is 37.6. The number of rotatable bonds is 10. The SMILES string of the molecule is C#C[C@]1(O)CC[C@@H]2[C@@H]3CCC4=C/C(=N\OCC(=O)N[C@H](C)C(=O)N[C@H](CCSC)C(=O)O)CC[C@]4(C)[C@H]3[C@@H](O)C[C@@]21C. The summed E-state index contributed by atoms with van der Waals surface area (Å²) in [4.78, 5) is 41.5. The Labute approximate surface area is 252 Å². The first-order valence-electron chi connectivity index (χ1n) is 14.9. The minimum Gasteiger partial charge on any atom is -0.480 e. The molecule has 232 valence electrons. The number of nitrogens with one attached hydrogen (secondary N) is 2. The minimum atomic E-state index is -1.17. The molecule has 0 aromatic carbocycles. The fourth-order valence-electron chi connectivity index (χ4n) is 8.33. The number of aliphatic hydroxyl groups excluding tert-OH is 1. The van der Waals surface area contributed by atoms with Crippen molar-refractivity contribution in [2.45, 2.75) is 95.9 Å². The van der Waals surface area contributed by atoms with Crippen LogP contribution >= 0.6 is 11.8 Å². The lowest BCUT2D eigenvalue weighted by molar-refractivity contribution is -0.153. The van der Waals surface area contributed by atoms with Crippen LogP contribution in [0.15, 0.2) is 16.8 Å². The largest absolute Gasteiger partial charge is 0.480 e. The number of nitrogens with zero attached hydrogens (tertiary/aromatic N) is 1. The average molecular weight is 604 g/mol. The Morgan fingerprint density at radius 3 is 2.64 bits per heavy atom. The first-order valence-corrected chi connectivity index (χ1v) is 16.3. The summed E-state index contributed by atoms with van der Waals surface area (Å²) in [6, 6.07) is -1.95. The monoisotopic (exact) mass is 603 g/mol. The van der Waals surface area contributed by atoms with Gasteiger partial charge in [-0.05, 0) is 99.5 Å². The highest BCUT2D eigenvalue weighted by molar-refractivity contribution is 7.98. The number of aliphatic carboxylic acids is 1. The van der Waals surface area contributed by atoms with Crippen LogP contribution in [-0.2, 0) is 19.2 Å². The molecule has 0 bridgehead atoms. The van der Waals surface area contributed by atoms with Gasteiger partial charge in [0.25, 0.3) is 5.91 Å². The van der Waals surface area contributed by atoms with Gasteiger partial charge in [-0.3, -0.25) is 9.59 Å². The Bertz CT molecular complexity index is 1180. The van der Waals surface area contributed by atoms with Gasteiger partial charge in [0.1, 0.15) is 17.7 Å². The molecule has 42 heavy (non-hydrogen) atoms. The van der Waals surface area contributed by atoms with E-state index in [1.165, 1.54) is 24.3 Å². The maximum Gasteiger partial charge on any atom is 0.326 e. The highest BCUT2D eigenvalue weighted by Crippen LogP contribution is 2.67. The molecule has 5 N–H and O–H groups in total. The summed E-state index contributed by atoms with van der Waals surface area (Å²) >= 11 is 1.49. The van der Waals surface area contributed by atoms with Gasteiger partial charge in [-0.25, -0.2) is 4.79 Å². The number of carboxylic acids is 1. The molecule has 4 rings (SSSR count). The molecule has 4 aliphatic rings. The number of carboxylic acid groups (broad SMARTS) is 1. The Balaban J connectivity index is 1.34. The number of carbonyl (C=O) groups excluding carboxylic acids is 2. The lowest BCUT2D eigenvalue weighted by Gasteiger charge is -2.60. The number of thioether (sulfide) groups is 1. The number of allylic oxidation sites excluding steroid dienone is 2. The number of hydrogen-bond acceptors (Lipinski definition) is 8. The maximum atomic E-state index is 12.4. The van der Waals surface area contributed by atoms with Gasteiger partial charge in [-0.1, -0.05) is 30.5 Å². The predicted molar refractivity (Wildman–Crippen MR) is 160 cm³/mol. The number of terminal acetylenes is 1. The van der Waals surface area contributed by atoms with Crippen molar-refractivity contribution in [2.24, 2.45) is 33.7 Å². The molecule has 9 atom stereocenters. The fourth-order valence-corrected chi connectivity index (χ4v) is 8.80. The predicted octanol–water partition coefficient (Wildman–Crippen LogP) is 2.48. The lowest BCUT2D eigenvalue weighted by atomic mass is 9.45. The standard InChI is InChI=1S/C31H45N3O7S/c1-6-31(40)13-10-22-21-8-7-19-15-20(9-12-29(19,3)26(21)24(35)16-30(22,31)4)34-41-17-25(36)32-18(2)27(37)33-23(28(38)39)11-14-42-5/h1,15,18,21-24,26,35,40H,7-14,16-17H2,2-5H3,(H,32,36)(H,33,37)(H,38,39)/b34-20-/t18-,21+,22-,23-,24+,26-,29+,30+,31+/m1/s1. The van der Waals surface area contributed by atoms with E-state index in [1.54, 1.807) is 0 Å². The highest BCUT2D eigenvalue weighted by Gasteiger charge is 2.66. The molecule has 0 aliphatic heterocycles. The van der Waals surface area contributed by atoms with Crippen molar-refractivity contribution in [3.8, 4) is 12.3 Å². The number of carbonyl (C=O) groups is 3. The van der Waals surface area contributed by atoms with Crippen LogP contribution in [0.5, 0.6) is 0 Å². The quantitative estimate of drug-likeness (QED) is 0.188. The summed E-state index contributed by atoms with van der Waals surface area (Å²) < 4.78 is 0. The van der Waals surface area contributed by atoms with E-state index in [1.807, 2.05) is 12.3 Å². The zero-order chi connectivity index (χ0) is 30.9. The smallest absolute Gasteiger partial charge is 0.326 e. The molecule has 3 fully saturated rings. The summed E-state index contributed by atoms with van der Waals surface area (Å²) in [5.74, 6) is 1.65. The van der Waals surface area contributed by atoms with Crippen molar-refractivity contribution in [3.05, 3.63) is 11.6 Å². The molecular formula is C31H45N3O7S. The van der Waals surface area contributed by atoms with Crippen LogP contribution in [0.1, 0.15) is 72.1 Å². The van der Waals surface area contributed by atoms with Crippen LogP contribution < -0.4 is 10.6 Å². The van der Waals surface area contributed by atoms with Gasteiger partial charge in [0.05, 0.1) is 11.8 Å². The van der Waals surface area contributed by atoms with Gasteiger partial charge in [-0.15, -0.1) is 6.42 Å². The van der Waals surface area contributed by atoms with E-state index in [0.29, 0.717) is 25.0 Å². The second-order valence-electron chi connectivity index (χ2n) is 13.0. The van der Waals surface area contributed by atoms with Crippen LogP contribution in [-0.4, -0.2) is 81.2 Å². The summed E-state index contributed by atoms with van der Waals surface area (Å²) in [5.41, 5.74) is 0.112. The van der Waals surface area contributed by atoms with E-state index in [9.17, 15) is 29.7 Å². The zero-order valence-corrected chi connectivity index (χ0v) is 25.8. The number of amides is 2. The fraction of sp³-hybridized carbons (Fsp3) is 0.742. The average Bonchev–Trinajstić information content (AvgIpc) is 3.20. The van der Waals surface area contributed by atoms with Crippen LogP contribution in [0.2, 0.25) is 0 Å². The van der Waals surface area contributed by atoms with Crippen LogP contribution in [0, 0.1) is 40.9 Å². The molecule has 0 saturated heterocycles. The third-order valence-corrected chi connectivity index (χ3v) is 11.3. The van der Waals surface area contributed by atoms with E-state index in [2.05, 4.69) is 35.6 Å². The Morgan fingerprint density at radius 2 is 1.98 bits per heavy atom. The number of aliphatic hydroxyl groups is 2. The van der Waals surface area contributed by atoms with Gasteiger partial charge in [0.2, 0.25) is 5.91 Å². The van der Waals surface area contributed by atoms with Crippen LogP contribution in [0.25, 0.3) is 0 Å². The lowest BCUT2D eigenvalue weighted by Crippen LogP contribution is -2.59. The Kier molecular flexibility index (Phi) is 9.70. The van der Waals surface area contributed by atoms with E-state index in [0.717, 1.165) is 31.4 Å². The van der Waals surface area contributed by atoms with Gasteiger partial charge < -0.3 is 30.8 Å². The first kappa shape index (κ1) is 32.4. The van der Waals surface area contributed by atoms with E-state index < -0.39 is 47.0 Å². The molecule has 0 aromatic heterocycles. The number of hydrogen-bond donors (Lipinski definition) is 5. The first-order chi connectivity index (χ1) is 19.8. The van der Waals surface area contributed by atoms with E-state index in [4.69, 9.17) is 11.3 Å². The molecule has 2 amide bonds. The van der Waals surface area contributed by atoms with E-state index >= 15 is 0 Å². The molecule has 10 nitrogen and oxygen atoms in total. The van der Waals surface area contributed by atoms with Crippen molar-refractivity contribution < 1.29 is 34.5 Å². The van der Waals surface area contributed by atoms with Crippen molar-refractivity contribution in [3.63, 3.8) is 0 Å². The molecular weight excluding hydrogens is 558 g/mol. The summed E-state index contributed by atoms with van der Waals surface area (Å²) in [7, 11) is 0. The molecule has 4 aliphatic carbocycles. The topological polar surface area (TPSA) is 158 Å². The van der Waals surface area contributed by atoms with Crippen LogP contribution in [0.3, 0.4) is 0 Å². The van der Waals surface area contributed by atoms with Crippen molar-refractivity contribution >= 4 is 35.3 Å². The minimum absolute atomic E-state index is 0.0815.